The van der Waals surface area contributed by atoms with Gasteiger partial charge in [-0.25, -0.2) is 9.97 Å². The lowest BCUT2D eigenvalue weighted by molar-refractivity contribution is -0.132. The highest BCUT2D eigenvalue weighted by Crippen LogP contribution is 2.29. The Kier molecular flexibility index (Phi) is 6.93. The van der Waals surface area contributed by atoms with Crippen molar-refractivity contribution in [3.63, 3.8) is 0 Å². The summed E-state index contributed by atoms with van der Waals surface area (Å²) < 4.78 is 0. The number of aromatic nitrogens is 2. The first-order valence-electron chi connectivity index (χ1n) is 10.8. The molecule has 1 atom stereocenters. The number of hydrogen-bond acceptors (Lipinski definition) is 5. The van der Waals surface area contributed by atoms with E-state index in [2.05, 4.69) is 10.3 Å². The van der Waals surface area contributed by atoms with Crippen LogP contribution in [0.2, 0.25) is 0 Å². The SMILES string of the molecule is CNc1cc(C2CC(=O)N(Cc3ccccc3)C2)nc(CN(C)C(=O)CC(C)(C)C)n1. The maximum Gasteiger partial charge on any atom is 0.223 e. The van der Waals surface area contributed by atoms with E-state index in [-0.39, 0.29) is 23.1 Å². The van der Waals surface area contributed by atoms with E-state index in [1.54, 1.807) is 11.9 Å². The van der Waals surface area contributed by atoms with Gasteiger partial charge in [-0.2, -0.15) is 0 Å². The van der Waals surface area contributed by atoms with Crippen LogP contribution in [0.3, 0.4) is 0 Å². The third kappa shape index (κ3) is 6.26. The predicted molar refractivity (Wildman–Crippen MR) is 121 cm³/mol. The van der Waals surface area contributed by atoms with Gasteiger partial charge in [0.15, 0.2) is 0 Å². The largest absolute Gasteiger partial charge is 0.373 e. The van der Waals surface area contributed by atoms with Crippen LogP contribution in [0.25, 0.3) is 0 Å². The van der Waals surface area contributed by atoms with Crippen LogP contribution in [-0.2, 0) is 22.7 Å². The zero-order valence-electron chi connectivity index (χ0n) is 19.2. The van der Waals surface area contributed by atoms with Crippen LogP contribution in [0.4, 0.5) is 5.82 Å². The molecule has 0 bridgehead atoms. The normalized spacial score (nSPS) is 16.5. The van der Waals surface area contributed by atoms with E-state index in [9.17, 15) is 9.59 Å². The van der Waals surface area contributed by atoms with E-state index in [4.69, 9.17) is 4.98 Å². The van der Waals surface area contributed by atoms with E-state index in [0.717, 1.165) is 11.3 Å². The highest BCUT2D eigenvalue weighted by molar-refractivity contribution is 5.79. The highest BCUT2D eigenvalue weighted by Gasteiger charge is 2.32. The number of rotatable bonds is 7. The monoisotopic (exact) mass is 423 g/mol. The number of anilines is 1. The number of hydrogen-bond donors (Lipinski definition) is 1. The Bertz CT molecular complexity index is 923. The molecule has 1 saturated heterocycles. The Morgan fingerprint density at radius 1 is 1.23 bits per heavy atom. The summed E-state index contributed by atoms with van der Waals surface area (Å²) >= 11 is 0. The van der Waals surface area contributed by atoms with Gasteiger partial charge in [-0.15, -0.1) is 0 Å². The summed E-state index contributed by atoms with van der Waals surface area (Å²) in [5.41, 5.74) is 1.89. The van der Waals surface area contributed by atoms with E-state index >= 15 is 0 Å². The van der Waals surface area contributed by atoms with Gasteiger partial charge in [0.05, 0.1) is 12.2 Å². The molecule has 166 valence electrons. The smallest absolute Gasteiger partial charge is 0.223 e. The van der Waals surface area contributed by atoms with Gasteiger partial charge in [0.25, 0.3) is 0 Å². The van der Waals surface area contributed by atoms with E-state index in [1.807, 2.05) is 69.1 Å². The van der Waals surface area contributed by atoms with Gasteiger partial charge in [-0.3, -0.25) is 9.59 Å². The molecule has 7 nitrogen and oxygen atoms in total. The van der Waals surface area contributed by atoms with Gasteiger partial charge < -0.3 is 15.1 Å². The summed E-state index contributed by atoms with van der Waals surface area (Å²) in [6.45, 7) is 7.73. The second-order valence-electron chi connectivity index (χ2n) is 9.49. The number of carbonyl (C=O) groups is 2. The number of nitrogens with zero attached hydrogens (tertiary/aromatic N) is 4. The lowest BCUT2D eigenvalue weighted by Crippen LogP contribution is -2.30. The molecule has 0 saturated carbocycles. The van der Waals surface area contributed by atoms with E-state index in [1.165, 1.54) is 0 Å². The molecule has 1 N–H and O–H groups in total. The summed E-state index contributed by atoms with van der Waals surface area (Å²) in [5.74, 6) is 1.50. The third-order valence-corrected chi connectivity index (χ3v) is 5.38. The quantitative estimate of drug-likeness (QED) is 0.738. The fraction of sp³-hybridized carbons (Fsp3) is 0.500. The molecule has 0 spiro atoms. The molecular formula is C24H33N5O2. The van der Waals surface area contributed by atoms with Gasteiger partial charge in [0.1, 0.15) is 11.6 Å². The van der Waals surface area contributed by atoms with Gasteiger partial charge in [-0.1, -0.05) is 51.1 Å². The topological polar surface area (TPSA) is 78.4 Å². The molecule has 2 aromatic rings. The minimum Gasteiger partial charge on any atom is -0.373 e. The van der Waals surface area contributed by atoms with Crippen LogP contribution in [0.5, 0.6) is 0 Å². The molecule has 1 fully saturated rings. The van der Waals surface area contributed by atoms with Crippen LogP contribution in [0.15, 0.2) is 36.4 Å². The Morgan fingerprint density at radius 2 is 1.94 bits per heavy atom. The Labute approximate surface area is 184 Å². The third-order valence-electron chi connectivity index (χ3n) is 5.38. The minimum atomic E-state index is -0.0728. The number of amides is 2. The molecule has 1 aliphatic rings. The lowest BCUT2D eigenvalue weighted by Gasteiger charge is -2.23. The number of nitrogens with one attached hydrogen (secondary N) is 1. The first-order valence-corrected chi connectivity index (χ1v) is 10.8. The molecule has 2 amide bonds. The predicted octanol–water partition coefficient (Wildman–Crippen LogP) is 3.43. The summed E-state index contributed by atoms with van der Waals surface area (Å²) in [5, 5.41) is 3.08. The van der Waals surface area contributed by atoms with Crippen LogP contribution in [0, 0.1) is 5.41 Å². The van der Waals surface area contributed by atoms with E-state index < -0.39 is 0 Å². The van der Waals surface area contributed by atoms with Crippen molar-refractivity contribution < 1.29 is 9.59 Å². The van der Waals surface area contributed by atoms with Crippen molar-refractivity contribution in [3.05, 3.63) is 53.5 Å². The average molecular weight is 424 g/mol. The lowest BCUT2D eigenvalue weighted by atomic mass is 9.92. The summed E-state index contributed by atoms with van der Waals surface area (Å²) in [7, 11) is 3.59. The fourth-order valence-corrected chi connectivity index (χ4v) is 3.74. The zero-order valence-corrected chi connectivity index (χ0v) is 19.2. The Morgan fingerprint density at radius 3 is 2.58 bits per heavy atom. The van der Waals surface area contributed by atoms with E-state index in [0.29, 0.717) is 44.1 Å². The molecule has 1 aliphatic heterocycles. The molecule has 0 radical (unpaired) electrons. The molecule has 1 aromatic heterocycles. The van der Waals surface area contributed by atoms with Crippen molar-refractivity contribution in [1.29, 1.82) is 0 Å². The fourth-order valence-electron chi connectivity index (χ4n) is 3.74. The number of likely N-dealkylation sites (tertiary alicyclic amines) is 1. The number of carbonyl (C=O) groups excluding carboxylic acids is 2. The Hall–Kier alpha value is -2.96. The Balaban J connectivity index is 1.73. The molecular weight excluding hydrogens is 390 g/mol. The standard InChI is InChI=1S/C24H33N5O2/c1-24(2,3)13-23(31)28(5)16-21-26-19(12-20(25-4)27-21)18-11-22(30)29(15-18)14-17-9-7-6-8-10-17/h6-10,12,18H,11,13-16H2,1-5H3,(H,25,26,27). The van der Waals surface area contributed by atoms with Crippen LogP contribution >= 0.6 is 0 Å². The van der Waals surface area contributed by atoms with Crippen LogP contribution < -0.4 is 5.32 Å². The number of benzene rings is 1. The van der Waals surface area contributed by atoms with Crippen molar-refractivity contribution in [2.24, 2.45) is 5.41 Å². The van der Waals surface area contributed by atoms with Gasteiger partial charge in [0.2, 0.25) is 11.8 Å². The maximum absolute atomic E-state index is 12.6. The first kappa shape index (κ1) is 22.7. The summed E-state index contributed by atoms with van der Waals surface area (Å²) in [6.07, 6.45) is 0.902. The second kappa shape index (κ2) is 9.45. The molecule has 3 rings (SSSR count). The molecule has 1 unspecified atom stereocenters. The maximum atomic E-state index is 12.6. The van der Waals surface area contributed by atoms with Crippen molar-refractivity contribution in [3.8, 4) is 0 Å². The van der Waals surface area contributed by atoms with Gasteiger partial charge in [-0.05, 0) is 11.0 Å². The highest BCUT2D eigenvalue weighted by atomic mass is 16.2. The first-order chi connectivity index (χ1) is 14.6. The molecule has 0 aliphatic carbocycles. The summed E-state index contributed by atoms with van der Waals surface area (Å²) in [6, 6.07) is 11.9. The molecule has 1 aromatic carbocycles. The van der Waals surface area contributed by atoms with Crippen molar-refractivity contribution in [2.45, 2.75) is 52.6 Å². The summed E-state index contributed by atoms with van der Waals surface area (Å²) in [4.78, 5) is 38.0. The average Bonchev–Trinajstić information content (AvgIpc) is 3.07. The zero-order chi connectivity index (χ0) is 22.6. The van der Waals surface area contributed by atoms with Gasteiger partial charge >= 0.3 is 0 Å². The second-order valence-corrected chi connectivity index (χ2v) is 9.49. The molecule has 31 heavy (non-hydrogen) atoms. The minimum absolute atomic E-state index is 0.0145. The van der Waals surface area contributed by atoms with Gasteiger partial charge in [0, 0.05) is 52.0 Å². The van der Waals surface area contributed by atoms with Crippen LogP contribution in [-0.4, -0.2) is 52.2 Å². The van der Waals surface area contributed by atoms with Crippen molar-refractivity contribution in [1.82, 2.24) is 19.8 Å². The van der Waals surface area contributed by atoms with Crippen molar-refractivity contribution >= 4 is 17.6 Å². The van der Waals surface area contributed by atoms with Crippen molar-refractivity contribution in [2.75, 3.05) is 26.0 Å². The van der Waals surface area contributed by atoms with Crippen LogP contribution in [0.1, 0.15) is 56.6 Å². The molecule has 7 heteroatoms. The molecule has 2 heterocycles.